The highest BCUT2D eigenvalue weighted by Crippen LogP contribution is 2.14. The molecule has 1 aliphatic heterocycles. The molecule has 1 heterocycles. The van der Waals surface area contributed by atoms with Gasteiger partial charge in [-0.1, -0.05) is 30.3 Å². The van der Waals surface area contributed by atoms with Crippen LogP contribution in [-0.2, 0) is 9.53 Å². The van der Waals surface area contributed by atoms with Gasteiger partial charge in [0.05, 0.1) is 6.10 Å². The van der Waals surface area contributed by atoms with Gasteiger partial charge in [-0.15, -0.1) is 0 Å². The van der Waals surface area contributed by atoms with E-state index in [9.17, 15) is 9.59 Å². The molecule has 1 amide bonds. The van der Waals surface area contributed by atoms with Gasteiger partial charge in [0.2, 0.25) is 5.91 Å². The Hall–Kier alpha value is -1.68. The zero-order valence-corrected chi connectivity index (χ0v) is 13.3. The standard InChI is InChI=1S/C18H25NO3/c1-19(14-16-10-5-6-13-22-16)18(21)12-7-11-17(20)15-8-3-2-4-9-15/h2-4,8-9,16H,5-7,10-14H2,1H3/t16-/m1/s1. The molecule has 4 nitrogen and oxygen atoms in total. The second-order valence-electron chi connectivity index (χ2n) is 5.91. The van der Waals surface area contributed by atoms with E-state index in [1.807, 2.05) is 37.4 Å². The lowest BCUT2D eigenvalue weighted by Gasteiger charge is -2.27. The number of benzene rings is 1. The summed E-state index contributed by atoms with van der Waals surface area (Å²) in [5.41, 5.74) is 0.721. The molecule has 1 fully saturated rings. The molecule has 0 unspecified atom stereocenters. The largest absolute Gasteiger partial charge is 0.376 e. The van der Waals surface area contributed by atoms with Gasteiger partial charge in [-0.2, -0.15) is 0 Å². The maximum absolute atomic E-state index is 12.1. The summed E-state index contributed by atoms with van der Waals surface area (Å²) in [5, 5.41) is 0. The number of nitrogens with zero attached hydrogens (tertiary/aromatic N) is 1. The van der Waals surface area contributed by atoms with Crippen LogP contribution in [0.1, 0.15) is 48.9 Å². The fourth-order valence-corrected chi connectivity index (χ4v) is 2.72. The van der Waals surface area contributed by atoms with Crippen molar-refractivity contribution in [3.63, 3.8) is 0 Å². The Morgan fingerprint density at radius 2 is 1.95 bits per heavy atom. The molecular weight excluding hydrogens is 278 g/mol. The minimum Gasteiger partial charge on any atom is -0.376 e. The fraction of sp³-hybridized carbons (Fsp3) is 0.556. The Morgan fingerprint density at radius 1 is 1.18 bits per heavy atom. The molecule has 0 radical (unpaired) electrons. The molecule has 1 saturated heterocycles. The maximum Gasteiger partial charge on any atom is 0.222 e. The zero-order chi connectivity index (χ0) is 15.8. The van der Waals surface area contributed by atoms with E-state index in [0.717, 1.165) is 25.0 Å². The third-order valence-corrected chi connectivity index (χ3v) is 4.07. The van der Waals surface area contributed by atoms with E-state index in [4.69, 9.17) is 4.74 Å². The molecule has 1 atom stereocenters. The summed E-state index contributed by atoms with van der Waals surface area (Å²) in [6.07, 6.45) is 4.94. The van der Waals surface area contributed by atoms with Crippen LogP contribution >= 0.6 is 0 Å². The van der Waals surface area contributed by atoms with Crippen molar-refractivity contribution in [3.05, 3.63) is 35.9 Å². The van der Waals surface area contributed by atoms with E-state index >= 15 is 0 Å². The molecule has 1 aliphatic rings. The Kier molecular flexibility index (Phi) is 6.59. The van der Waals surface area contributed by atoms with Gasteiger partial charge in [0, 0.05) is 38.6 Å². The normalized spacial score (nSPS) is 18.0. The Labute approximate surface area is 132 Å². The van der Waals surface area contributed by atoms with Gasteiger partial charge >= 0.3 is 0 Å². The van der Waals surface area contributed by atoms with Gasteiger partial charge in [0.1, 0.15) is 0 Å². The summed E-state index contributed by atoms with van der Waals surface area (Å²) in [6, 6.07) is 9.24. The summed E-state index contributed by atoms with van der Waals surface area (Å²) in [6.45, 7) is 1.46. The molecule has 1 aromatic carbocycles. The highest BCUT2D eigenvalue weighted by Gasteiger charge is 2.18. The van der Waals surface area contributed by atoms with E-state index < -0.39 is 0 Å². The van der Waals surface area contributed by atoms with Crippen LogP contribution in [0, 0.1) is 0 Å². The molecule has 0 spiro atoms. The van der Waals surface area contributed by atoms with E-state index in [1.54, 1.807) is 4.90 Å². The fourth-order valence-electron chi connectivity index (χ4n) is 2.72. The minimum absolute atomic E-state index is 0.0926. The lowest BCUT2D eigenvalue weighted by molar-refractivity contribution is -0.132. The zero-order valence-electron chi connectivity index (χ0n) is 13.3. The van der Waals surface area contributed by atoms with E-state index in [0.29, 0.717) is 25.8 Å². The van der Waals surface area contributed by atoms with Gasteiger partial charge in [-0.3, -0.25) is 9.59 Å². The van der Waals surface area contributed by atoms with Crippen molar-refractivity contribution in [2.45, 2.75) is 44.6 Å². The molecule has 22 heavy (non-hydrogen) atoms. The van der Waals surface area contributed by atoms with Gasteiger partial charge < -0.3 is 9.64 Å². The lowest BCUT2D eigenvalue weighted by atomic mass is 10.1. The van der Waals surface area contributed by atoms with Crippen molar-refractivity contribution >= 4 is 11.7 Å². The summed E-state index contributed by atoms with van der Waals surface area (Å²) in [5.74, 6) is 0.196. The molecule has 2 rings (SSSR count). The number of rotatable bonds is 7. The smallest absolute Gasteiger partial charge is 0.222 e. The molecule has 0 aromatic heterocycles. The average molecular weight is 303 g/mol. The number of amides is 1. The second kappa shape index (κ2) is 8.69. The first-order valence-electron chi connectivity index (χ1n) is 8.10. The predicted octanol–water partition coefficient (Wildman–Crippen LogP) is 3.07. The van der Waals surface area contributed by atoms with Crippen molar-refractivity contribution in [3.8, 4) is 0 Å². The number of likely N-dealkylation sites (N-methyl/N-ethyl adjacent to an activating group) is 1. The number of ether oxygens (including phenoxy) is 1. The number of hydrogen-bond donors (Lipinski definition) is 0. The third kappa shape index (κ3) is 5.26. The first-order valence-corrected chi connectivity index (χ1v) is 8.10. The number of carbonyl (C=O) groups is 2. The molecule has 0 saturated carbocycles. The SMILES string of the molecule is CN(C[C@H]1CCCCO1)C(=O)CCCC(=O)c1ccccc1. The molecule has 0 N–H and O–H groups in total. The number of hydrogen-bond acceptors (Lipinski definition) is 3. The molecule has 0 aliphatic carbocycles. The maximum atomic E-state index is 12.1. The van der Waals surface area contributed by atoms with Gasteiger partial charge in [-0.25, -0.2) is 0 Å². The molecule has 4 heteroatoms. The van der Waals surface area contributed by atoms with Crippen molar-refractivity contribution in [2.24, 2.45) is 0 Å². The summed E-state index contributed by atoms with van der Waals surface area (Å²) in [7, 11) is 1.82. The van der Waals surface area contributed by atoms with Crippen molar-refractivity contribution in [2.75, 3.05) is 20.2 Å². The van der Waals surface area contributed by atoms with Crippen LogP contribution < -0.4 is 0 Å². The second-order valence-corrected chi connectivity index (χ2v) is 5.91. The van der Waals surface area contributed by atoms with Crippen LogP contribution in [0.5, 0.6) is 0 Å². The monoisotopic (exact) mass is 303 g/mol. The Morgan fingerprint density at radius 3 is 2.64 bits per heavy atom. The van der Waals surface area contributed by atoms with Crippen LogP contribution in [0.3, 0.4) is 0 Å². The number of carbonyl (C=O) groups excluding carboxylic acids is 2. The molecule has 120 valence electrons. The van der Waals surface area contributed by atoms with Crippen molar-refractivity contribution < 1.29 is 14.3 Å². The van der Waals surface area contributed by atoms with E-state index in [-0.39, 0.29) is 17.8 Å². The van der Waals surface area contributed by atoms with Crippen LogP contribution in [0.2, 0.25) is 0 Å². The van der Waals surface area contributed by atoms with E-state index in [2.05, 4.69) is 0 Å². The van der Waals surface area contributed by atoms with Gasteiger partial charge in [0.15, 0.2) is 5.78 Å². The number of Topliss-reactive ketones (excluding diaryl/α,β-unsaturated/α-hetero) is 1. The van der Waals surface area contributed by atoms with Crippen LogP contribution in [0.25, 0.3) is 0 Å². The first-order chi connectivity index (χ1) is 10.7. The third-order valence-electron chi connectivity index (χ3n) is 4.07. The van der Waals surface area contributed by atoms with E-state index in [1.165, 1.54) is 6.42 Å². The van der Waals surface area contributed by atoms with Crippen LogP contribution in [0.15, 0.2) is 30.3 Å². The van der Waals surface area contributed by atoms with Gasteiger partial charge in [-0.05, 0) is 25.7 Å². The Balaban J connectivity index is 1.67. The number of ketones is 1. The average Bonchev–Trinajstić information content (AvgIpc) is 2.56. The predicted molar refractivity (Wildman–Crippen MR) is 85.9 cm³/mol. The first kappa shape index (κ1) is 16.7. The highest BCUT2D eigenvalue weighted by molar-refractivity contribution is 5.96. The summed E-state index contributed by atoms with van der Waals surface area (Å²) >= 11 is 0. The quantitative estimate of drug-likeness (QED) is 0.727. The summed E-state index contributed by atoms with van der Waals surface area (Å²) in [4.78, 5) is 25.8. The Bertz CT molecular complexity index is 480. The van der Waals surface area contributed by atoms with Gasteiger partial charge in [0.25, 0.3) is 0 Å². The van der Waals surface area contributed by atoms with Crippen LogP contribution in [0.4, 0.5) is 0 Å². The minimum atomic E-state index is 0.0926. The van der Waals surface area contributed by atoms with Crippen LogP contribution in [-0.4, -0.2) is 42.9 Å². The summed E-state index contributed by atoms with van der Waals surface area (Å²) < 4.78 is 5.65. The molecular formula is C18H25NO3. The van der Waals surface area contributed by atoms with Crippen molar-refractivity contribution in [1.82, 2.24) is 4.90 Å². The lowest BCUT2D eigenvalue weighted by Crippen LogP contribution is -2.37. The molecule has 0 bridgehead atoms. The topological polar surface area (TPSA) is 46.6 Å². The molecule has 1 aromatic rings. The van der Waals surface area contributed by atoms with Crippen molar-refractivity contribution in [1.29, 1.82) is 0 Å². The highest BCUT2D eigenvalue weighted by atomic mass is 16.5.